The normalized spacial score (nSPS) is 15.9. The van der Waals surface area contributed by atoms with Crippen molar-refractivity contribution in [2.75, 3.05) is 0 Å². The SMILES string of the molecule is Cc1ccc(CCC(=O)C2=CCCCCC2)cc1. The van der Waals surface area contributed by atoms with Crippen molar-refractivity contribution in [1.29, 1.82) is 0 Å². The number of benzene rings is 1. The summed E-state index contributed by atoms with van der Waals surface area (Å²) >= 11 is 0. The number of ketones is 1. The molecule has 0 saturated heterocycles. The maximum atomic E-state index is 12.1. The number of hydrogen-bond donors (Lipinski definition) is 0. The molecule has 0 saturated carbocycles. The molecule has 1 nitrogen and oxygen atoms in total. The molecule has 0 unspecified atom stereocenters. The van der Waals surface area contributed by atoms with Crippen molar-refractivity contribution < 1.29 is 4.79 Å². The van der Waals surface area contributed by atoms with Crippen LogP contribution in [0.2, 0.25) is 0 Å². The molecule has 1 aliphatic rings. The second kappa shape index (κ2) is 6.53. The van der Waals surface area contributed by atoms with Crippen LogP contribution in [0.1, 0.15) is 49.7 Å². The molecular formula is C17H22O. The standard InChI is InChI=1S/C17H22O/c1-14-8-10-15(11-9-14)12-13-17(18)16-6-4-2-3-5-7-16/h6,8-11H,2-5,7,12-13H2,1H3. The first-order chi connectivity index (χ1) is 8.75. The van der Waals surface area contributed by atoms with Crippen LogP contribution in [0.5, 0.6) is 0 Å². The highest BCUT2D eigenvalue weighted by Crippen LogP contribution is 2.19. The molecule has 0 spiro atoms. The molecule has 0 aliphatic heterocycles. The van der Waals surface area contributed by atoms with E-state index in [0.717, 1.165) is 24.8 Å². The first-order valence-electron chi connectivity index (χ1n) is 7.03. The van der Waals surface area contributed by atoms with Gasteiger partial charge in [-0.3, -0.25) is 4.79 Å². The van der Waals surface area contributed by atoms with Crippen molar-refractivity contribution in [3.63, 3.8) is 0 Å². The summed E-state index contributed by atoms with van der Waals surface area (Å²) in [5, 5.41) is 0. The Balaban J connectivity index is 1.87. The predicted octanol–water partition coefficient (Wildman–Crippen LogP) is 4.39. The van der Waals surface area contributed by atoms with Crippen LogP contribution < -0.4 is 0 Å². The summed E-state index contributed by atoms with van der Waals surface area (Å²) in [5.74, 6) is 0.359. The Morgan fingerprint density at radius 2 is 1.89 bits per heavy atom. The quantitative estimate of drug-likeness (QED) is 0.765. The van der Waals surface area contributed by atoms with E-state index in [1.54, 1.807) is 0 Å². The van der Waals surface area contributed by atoms with Crippen LogP contribution in [-0.4, -0.2) is 5.78 Å². The van der Waals surface area contributed by atoms with Gasteiger partial charge in [-0.25, -0.2) is 0 Å². The fourth-order valence-electron chi connectivity index (χ4n) is 2.44. The number of carbonyl (C=O) groups is 1. The van der Waals surface area contributed by atoms with Crippen LogP contribution in [0.3, 0.4) is 0 Å². The Labute approximate surface area is 110 Å². The highest BCUT2D eigenvalue weighted by Gasteiger charge is 2.11. The maximum Gasteiger partial charge on any atom is 0.158 e. The molecule has 0 N–H and O–H groups in total. The van der Waals surface area contributed by atoms with Gasteiger partial charge in [-0.05, 0) is 50.2 Å². The van der Waals surface area contributed by atoms with Gasteiger partial charge in [0.25, 0.3) is 0 Å². The molecule has 96 valence electrons. The van der Waals surface area contributed by atoms with Gasteiger partial charge in [-0.2, -0.15) is 0 Å². The van der Waals surface area contributed by atoms with Crippen LogP contribution >= 0.6 is 0 Å². The van der Waals surface area contributed by atoms with Crippen molar-refractivity contribution in [1.82, 2.24) is 0 Å². The van der Waals surface area contributed by atoms with Crippen LogP contribution in [-0.2, 0) is 11.2 Å². The zero-order valence-electron chi connectivity index (χ0n) is 11.2. The number of aryl methyl sites for hydroxylation is 2. The number of Topliss-reactive ketones (excluding diaryl/α,β-unsaturated/α-hetero) is 1. The molecule has 1 aliphatic carbocycles. The molecule has 0 radical (unpaired) electrons. The minimum absolute atomic E-state index is 0.359. The Kier molecular flexibility index (Phi) is 4.74. The highest BCUT2D eigenvalue weighted by atomic mass is 16.1. The van der Waals surface area contributed by atoms with Crippen LogP contribution in [0.25, 0.3) is 0 Å². The lowest BCUT2D eigenvalue weighted by molar-refractivity contribution is -0.115. The molecule has 2 rings (SSSR count). The molecule has 0 atom stereocenters. The first-order valence-corrected chi connectivity index (χ1v) is 7.03. The lowest BCUT2D eigenvalue weighted by atomic mass is 9.99. The van der Waals surface area contributed by atoms with E-state index >= 15 is 0 Å². The second-order valence-corrected chi connectivity index (χ2v) is 5.24. The van der Waals surface area contributed by atoms with Crippen LogP contribution in [0.15, 0.2) is 35.9 Å². The molecule has 1 heteroatoms. The zero-order valence-corrected chi connectivity index (χ0v) is 11.2. The number of allylic oxidation sites excluding steroid dienone is 2. The summed E-state index contributed by atoms with van der Waals surface area (Å²) in [7, 11) is 0. The zero-order chi connectivity index (χ0) is 12.8. The predicted molar refractivity (Wildman–Crippen MR) is 75.7 cm³/mol. The van der Waals surface area contributed by atoms with Gasteiger partial charge in [0.1, 0.15) is 0 Å². The van der Waals surface area contributed by atoms with E-state index in [9.17, 15) is 4.79 Å². The van der Waals surface area contributed by atoms with E-state index in [-0.39, 0.29) is 0 Å². The summed E-state index contributed by atoms with van der Waals surface area (Å²) in [4.78, 5) is 12.1. The summed E-state index contributed by atoms with van der Waals surface area (Å²) in [6.07, 6.45) is 9.48. The van der Waals surface area contributed by atoms with Gasteiger partial charge in [0.2, 0.25) is 0 Å². The van der Waals surface area contributed by atoms with E-state index in [0.29, 0.717) is 12.2 Å². The van der Waals surface area contributed by atoms with Gasteiger partial charge in [0.05, 0.1) is 0 Å². The lowest BCUT2D eigenvalue weighted by Crippen LogP contribution is -2.04. The Hall–Kier alpha value is -1.37. The topological polar surface area (TPSA) is 17.1 Å². The molecular weight excluding hydrogens is 220 g/mol. The second-order valence-electron chi connectivity index (χ2n) is 5.24. The Bertz CT molecular complexity index is 425. The van der Waals surface area contributed by atoms with Crippen LogP contribution in [0, 0.1) is 6.92 Å². The van der Waals surface area contributed by atoms with Gasteiger partial charge in [0, 0.05) is 6.42 Å². The molecule has 1 aromatic carbocycles. The van der Waals surface area contributed by atoms with Crippen molar-refractivity contribution in [3.8, 4) is 0 Å². The highest BCUT2D eigenvalue weighted by molar-refractivity contribution is 5.95. The van der Waals surface area contributed by atoms with Gasteiger partial charge >= 0.3 is 0 Å². The summed E-state index contributed by atoms with van der Waals surface area (Å²) < 4.78 is 0. The monoisotopic (exact) mass is 242 g/mol. The minimum atomic E-state index is 0.359. The van der Waals surface area contributed by atoms with Crippen molar-refractivity contribution in [2.45, 2.75) is 51.9 Å². The van der Waals surface area contributed by atoms with Gasteiger partial charge in [-0.15, -0.1) is 0 Å². The Morgan fingerprint density at radius 3 is 2.67 bits per heavy atom. The van der Waals surface area contributed by atoms with E-state index in [4.69, 9.17) is 0 Å². The van der Waals surface area contributed by atoms with E-state index in [1.165, 1.54) is 30.4 Å². The Morgan fingerprint density at radius 1 is 1.11 bits per heavy atom. The third-order valence-electron chi connectivity index (χ3n) is 3.66. The average molecular weight is 242 g/mol. The number of hydrogen-bond acceptors (Lipinski definition) is 1. The van der Waals surface area contributed by atoms with Crippen molar-refractivity contribution >= 4 is 5.78 Å². The third kappa shape index (κ3) is 3.83. The smallest absolute Gasteiger partial charge is 0.158 e. The molecule has 0 amide bonds. The fraction of sp³-hybridized carbons (Fsp3) is 0.471. The molecule has 1 aromatic rings. The number of carbonyl (C=O) groups excluding carboxylic acids is 1. The minimum Gasteiger partial charge on any atom is -0.295 e. The largest absolute Gasteiger partial charge is 0.295 e. The van der Waals surface area contributed by atoms with Gasteiger partial charge in [0.15, 0.2) is 5.78 Å². The summed E-state index contributed by atoms with van der Waals surface area (Å²) in [6.45, 7) is 2.09. The molecule has 18 heavy (non-hydrogen) atoms. The van der Waals surface area contributed by atoms with E-state index in [2.05, 4.69) is 37.3 Å². The third-order valence-corrected chi connectivity index (χ3v) is 3.66. The number of rotatable bonds is 4. The van der Waals surface area contributed by atoms with E-state index in [1.807, 2.05) is 0 Å². The average Bonchev–Trinajstić information content (AvgIpc) is 2.66. The lowest BCUT2D eigenvalue weighted by Gasteiger charge is -2.05. The molecule has 0 bridgehead atoms. The van der Waals surface area contributed by atoms with Gasteiger partial charge in [-0.1, -0.05) is 42.3 Å². The van der Waals surface area contributed by atoms with Crippen molar-refractivity contribution in [3.05, 3.63) is 47.0 Å². The van der Waals surface area contributed by atoms with Gasteiger partial charge < -0.3 is 0 Å². The van der Waals surface area contributed by atoms with Crippen molar-refractivity contribution in [2.24, 2.45) is 0 Å². The molecule has 0 heterocycles. The van der Waals surface area contributed by atoms with Crippen LogP contribution in [0.4, 0.5) is 0 Å². The fourth-order valence-corrected chi connectivity index (χ4v) is 2.44. The maximum absolute atomic E-state index is 12.1. The first kappa shape index (κ1) is 13.1. The van der Waals surface area contributed by atoms with E-state index < -0.39 is 0 Å². The molecule has 0 fully saturated rings. The molecule has 0 aromatic heterocycles. The summed E-state index contributed by atoms with van der Waals surface area (Å²) in [5.41, 5.74) is 3.62. The summed E-state index contributed by atoms with van der Waals surface area (Å²) in [6, 6.07) is 8.49.